The number of nitrogens with one attached hydrogen (secondary N) is 1. The van der Waals surface area contributed by atoms with Crippen LogP contribution in [-0.4, -0.2) is 16.9 Å². The van der Waals surface area contributed by atoms with Crippen LogP contribution in [-0.2, 0) is 11.2 Å². The van der Waals surface area contributed by atoms with E-state index in [4.69, 9.17) is 5.26 Å². The molecule has 1 aromatic rings. The van der Waals surface area contributed by atoms with E-state index in [1.807, 2.05) is 32.0 Å². The van der Waals surface area contributed by atoms with Crippen molar-refractivity contribution in [2.24, 2.45) is 0 Å². The van der Waals surface area contributed by atoms with Gasteiger partial charge in [0.15, 0.2) is 0 Å². The largest absolute Gasteiger partial charge is 0.325 e. The molecule has 0 heterocycles. The highest BCUT2D eigenvalue weighted by Gasteiger charge is 2.15. The highest BCUT2D eigenvalue weighted by molar-refractivity contribution is 8.00. The number of nitriles is 1. The molecule has 1 rings (SSSR count). The van der Waals surface area contributed by atoms with Gasteiger partial charge in [0.25, 0.3) is 0 Å². The van der Waals surface area contributed by atoms with Gasteiger partial charge in [-0.05, 0) is 31.4 Å². The van der Waals surface area contributed by atoms with Crippen molar-refractivity contribution < 1.29 is 4.79 Å². The lowest BCUT2D eigenvalue weighted by atomic mass is 10.1. The van der Waals surface area contributed by atoms with Gasteiger partial charge in [0.1, 0.15) is 0 Å². The number of hydrogen-bond acceptors (Lipinski definition) is 3. The Morgan fingerprint density at radius 2 is 2.26 bits per heavy atom. The van der Waals surface area contributed by atoms with E-state index in [0.717, 1.165) is 23.2 Å². The Labute approximate surface area is 119 Å². The molecule has 1 unspecified atom stereocenters. The van der Waals surface area contributed by atoms with Crippen molar-refractivity contribution in [1.29, 1.82) is 5.26 Å². The third-order valence-electron chi connectivity index (χ3n) is 2.94. The van der Waals surface area contributed by atoms with E-state index in [-0.39, 0.29) is 11.2 Å². The van der Waals surface area contributed by atoms with Crippen molar-refractivity contribution in [3.05, 3.63) is 29.3 Å². The number of carbonyl (C=O) groups is 1. The predicted octanol–water partition coefficient (Wildman–Crippen LogP) is 3.53. The molecular formula is C15H20N2OS. The van der Waals surface area contributed by atoms with Crippen LogP contribution in [0.25, 0.3) is 0 Å². The second-order valence-electron chi connectivity index (χ2n) is 4.37. The van der Waals surface area contributed by atoms with Crippen LogP contribution in [0.2, 0.25) is 0 Å². The molecule has 3 nitrogen and oxygen atoms in total. The van der Waals surface area contributed by atoms with Crippen molar-refractivity contribution in [2.45, 2.75) is 38.9 Å². The molecule has 1 N–H and O–H groups in total. The minimum absolute atomic E-state index is 0.00643. The van der Waals surface area contributed by atoms with Gasteiger partial charge in [-0.3, -0.25) is 4.79 Å². The number of benzene rings is 1. The summed E-state index contributed by atoms with van der Waals surface area (Å²) in [7, 11) is 0. The Morgan fingerprint density at radius 3 is 2.89 bits per heavy atom. The molecule has 0 radical (unpaired) electrons. The van der Waals surface area contributed by atoms with E-state index in [1.54, 1.807) is 0 Å². The number of hydrogen-bond donors (Lipinski definition) is 1. The van der Waals surface area contributed by atoms with Crippen LogP contribution >= 0.6 is 11.8 Å². The molecular weight excluding hydrogens is 256 g/mol. The van der Waals surface area contributed by atoms with E-state index in [1.165, 1.54) is 11.8 Å². The molecule has 4 heteroatoms. The average Bonchev–Trinajstić information content (AvgIpc) is 2.41. The standard InChI is InChI=1S/C15H20N2OS/c1-4-13-8-5-7-11(2)14(13)17-15(18)12(3)19-10-6-9-16/h5,7-8,12H,4,6,10H2,1-3H3,(H,17,18). The summed E-state index contributed by atoms with van der Waals surface area (Å²) in [5.41, 5.74) is 3.17. The summed E-state index contributed by atoms with van der Waals surface area (Å²) in [4.78, 5) is 12.1. The van der Waals surface area contributed by atoms with Crippen molar-refractivity contribution >= 4 is 23.4 Å². The van der Waals surface area contributed by atoms with Crippen LogP contribution < -0.4 is 5.32 Å². The lowest BCUT2D eigenvalue weighted by Gasteiger charge is -2.16. The summed E-state index contributed by atoms with van der Waals surface area (Å²) in [6, 6.07) is 8.14. The number of aryl methyl sites for hydroxylation is 2. The van der Waals surface area contributed by atoms with Crippen LogP contribution in [0, 0.1) is 18.3 Å². The minimum atomic E-state index is -0.141. The van der Waals surface area contributed by atoms with E-state index >= 15 is 0 Å². The van der Waals surface area contributed by atoms with E-state index in [2.05, 4.69) is 18.3 Å². The van der Waals surface area contributed by atoms with Gasteiger partial charge < -0.3 is 5.32 Å². The fourth-order valence-corrected chi connectivity index (χ4v) is 2.56. The smallest absolute Gasteiger partial charge is 0.237 e. The Morgan fingerprint density at radius 1 is 1.53 bits per heavy atom. The van der Waals surface area contributed by atoms with Gasteiger partial charge in [-0.2, -0.15) is 5.26 Å². The van der Waals surface area contributed by atoms with Crippen molar-refractivity contribution in [2.75, 3.05) is 11.1 Å². The second-order valence-corrected chi connectivity index (χ2v) is 5.82. The quantitative estimate of drug-likeness (QED) is 0.809. The Balaban J connectivity index is 2.69. The molecule has 19 heavy (non-hydrogen) atoms. The fraction of sp³-hybridized carbons (Fsp3) is 0.467. The van der Waals surface area contributed by atoms with Gasteiger partial charge in [0.05, 0.1) is 11.3 Å². The van der Waals surface area contributed by atoms with Crippen LogP contribution in [0.5, 0.6) is 0 Å². The summed E-state index contributed by atoms with van der Waals surface area (Å²) < 4.78 is 0. The molecule has 0 saturated heterocycles. The third-order valence-corrected chi connectivity index (χ3v) is 4.09. The van der Waals surface area contributed by atoms with E-state index in [0.29, 0.717) is 12.2 Å². The molecule has 0 bridgehead atoms. The van der Waals surface area contributed by atoms with Gasteiger partial charge in [0, 0.05) is 17.9 Å². The number of para-hydroxylation sites is 1. The maximum Gasteiger partial charge on any atom is 0.237 e. The normalized spacial score (nSPS) is 11.7. The lowest BCUT2D eigenvalue weighted by molar-refractivity contribution is -0.115. The first kappa shape index (κ1) is 15.6. The van der Waals surface area contributed by atoms with Crippen LogP contribution in [0.3, 0.4) is 0 Å². The first-order valence-corrected chi connectivity index (χ1v) is 7.53. The zero-order chi connectivity index (χ0) is 14.3. The molecule has 1 amide bonds. The average molecular weight is 276 g/mol. The maximum atomic E-state index is 12.1. The molecule has 0 aliphatic carbocycles. The molecule has 1 atom stereocenters. The predicted molar refractivity (Wildman–Crippen MR) is 81.3 cm³/mol. The molecule has 102 valence electrons. The molecule has 0 fully saturated rings. The number of thioether (sulfide) groups is 1. The SMILES string of the molecule is CCc1cccc(C)c1NC(=O)C(C)SCCC#N. The summed E-state index contributed by atoms with van der Waals surface area (Å²) in [6.45, 7) is 5.96. The number of rotatable bonds is 6. The molecule has 1 aromatic carbocycles. The van der Waals surface area contributed by atoms with E-state index in [9.17, 15) is 4.79 Å². The maximum absolute atomic E-state index is 12.1. The van der Waals surface area contributed by atoms with Gasteiger partial charge in [-0.1, -0.05) is 25.1 Å². The summed E-state index contributed by atoms with van der Waals surface area (Å²) >= 11 is 1.51. The zero-order valence-electron chi connectivity index (χ0n) is 11.7. The van der Waals surface area contributed by atoms with Crippen LogP contribution in [0.1, 0.15) is 31.4 Å². The Bertz CT molecular complexity index is 480. The molecule has 0 aliphatic heterocycles. The van der Waals surface area contributed by atoms with Crippen molar-refractivity contribution in [3.8, 4) is 6.07 Å². The summed E-state index contributed by atoms with van der Waals surface area (Å²) in [5.74, 6) is 0.700. The first-order valence-electron chi connectivity index (χ1n) is 6.48. The van der Waals surface area contributed by atoms with Gasteiger partial charge >= 0.3 is 0 Å². The molecule has 0 aromatic heterocycles. The van der Waals surface area contributed by atoms with Gasteiger partial charge in [-0.25, -0.2) is 0 Å². The van der Waals surface area contributed by atoms with Crippen LogP contribution in [0.4, 0.5) is 5.69 Å². The zero-order valence-corrected chi connectivity index (χ0v) is 12.5. The highest BCUT2D eigenvalue weighted by Crippen LogP contribution is 2.22. The molecule has 0 aliphatic rings. The Hall–Kier alpha value is -1.47. The van der Waals surface area contributed by atoms with E-state index < -0.39 is 0 Å². The third kappa shape index (κ3) is 4.60. The second kappa shape index (κ2) is 7.85. The first-order chi connectivity index (χ1) is 9.10. The molecule has 0 spiro atoms. The van der Waals surface area contributed by atoms with Crippen molar-refractivity contribution in [3.63, 3.8) is 0 Å². The molecule has 0 saturated carbocycles. The number of nitrogens with zero attached hydrogens (tertiary/aromatic N) is 1. The fourth-order valence-electron chi connectivity index (χ4n) is 1.78. The van der Waals surface area contributed by atoms with Crippen molar-refractivity contribution in [1.82, 2.24) is 0 Å². The van der Waals surface area contributed by atoms with Gasteiger partial charge in [-0.15, -0.1) is 11.8 Å². The monoisotopic (exact) mass is 276 g/mol. The Kier molecular flexibility index (Phi) is 6.44. The van der Waals surface area contributed by atoms with Gasteiger partial charge in [0.2, 0.25) is 5.91 Å². The number of anilines is 1. The number of carbonyl (C=O) groups excluding carboxylic acids is 1. The number of amides is 1. The summed E-state index contributed by atoms with van der Waals surface area (Å²) in [5, 5.41) is 11.4. The van der Waals surface area contributed by atoms with Crippen LogP contribution in [0.15, 0.2) is 18.2 Å². The highest BCUT2D eigenvalue weighted by atomic mass is 32.2. The minimum Gasteiger partial charge on any atom is -0.325 e. The topological polar surface area (TPSA) is 52.9 Å². The summed E-state index contributed by atoms with van der Waals surface area (Å²) in [6.07, 6.45) is 1.38. The lowest BCUT2D eigenvalue weighted by Crippen LogP contribution is -2.24.